The predicted octanol–water partition coefficient (Wildman–Crippen LogP) is 5.88. The van der Waals surface area contributed by atoms with E-state index in [-0.39, 0.29) is 11.9 Å². The molecule has 0 amide bonds. The van der Waals surface area contributed by atoms with Crippen molar-refractivity contribution >= 4 is 26.9 Å². The van der Waals surface area contributed by atoms with Crippen molar-refractivity contribution in [3.63, 3.8) is 0 Å². The molecule has 5 rings (SSSR count). The standard InChI is InChI=1S/C30H33NO5S/c1-3-5-19-35-25-17-13-21(14-18-25)28-26-20-27(30(36-26)29(28)22-11-15-24(32)16-12-22)37(33,34)31(4-2)23-9-7-6-8-10-23/h6-18,26-27,30,32H,3-5,19-20H2,1-2H3/t26-,27+,30+/m1/s1. The average Bonchev–Trinajstić information content (AvgIpc) is 3.51. The van der Waals surface area contributed by atoms with Crippen molar-refractivity contribution in [2.24, 2.45) is 0 Å². The molecule has 1 N–H and O–H groups in total. The Morgan fingerprint density at radius 1 is 0.919 bits per heavy atom. The van der Waals surface area contributed by atoms with Gasteiger partial charge in [0.15, 0.2) is 0 Å². The molecule has 2 aliphatic heterocycles. The summed E-state index contributed by atoms with van der Waals surface area (Å²) < 4.78 is 41.6. The Morgan fingerprint density at radius 2 is 1.57 bits per heavy atom. The summed E-state index contributed by atoms with van der Waals surface area (Å²) in [7, 11) is -3.70. The molecule has 0 aliphatic carbocycles. The number of rotatable bonds is 10. The fourth-order valence-electron chi connectivity index (χ4n) is 5.33. The Bertz CT molecular complexity index is 1350. The van der Waals surface area contributed by atoms with Crippen LogP contribution in [-0.2, 0) is 14.8 Å². The van der Waals surface area contributed by atoms with Gasteiger partial charge < -0.3 is 14.6 Å². The number of aromatic hydroxyl groups is 1. The topological polar surface area (TPSA) is 76.1 Å². The molecular weight excluding hydrogens is 486 g/mol. The second-order valence-corrected chi connectivity index (χ2v) is 11.5. The smallest absolute Gasteiger partial charge is 0.241 e. The Morgan fingerprint density at radius 3 is 2.22 bits per heavy atom. The number of sulfonamides is 1. The molecule has 3 aromatic carbocycles. The highest BCUT2D eigenvalue weighted by molar-refractivity contribution is 7.93. The van der Waals surface area contributed by atoms with Gasteiger partial charge in [-0.2, -0.15) is 0 Å². The third-order valence-corrected chi connectivity index (χ3v) is 9.41. The number of phenolic OH excluding ortho intramolecular Hbond substituents is 1. The summed E-state index contributed by atoms with van der Waals surface area (Å²) in [4.78, 5) is 0. The van der Waals surface area contributed by atoms with Crippen LogP contribution in [0, 0.1) is 0 Å². The maximum absolute atomic E-state index is 14.0. The second-order valence-electron chi connectivity index (χ2n) is 9.47. The lowest BCUT2D eigenvalue weighted by molar-refractivity contribution is 0.128. The van der Waals surface area contributed by atoms with Crippen LogP contribution in [0.3, 0.4) is 0 Å². The van der Waals surface area contributed by atoms with Crippen LogP contribution in [0.4, 0.5) is 5.69 Å². The summed E-state index contributed by atoms with van der Waals surface area (Å²) >= 11 is 0. The van der Waals surface area contributed by atoms with E-state index >= 15 is 0 Å². The van der Waals surface area contributed by atoms with Crippen molar-refractivity contribution < 1.29 is 23.0 Å². The molecule has 3 atom stereocenters. The van der Waals surface area contributed by atoms with Crippen LogP contribution in [0.25, 0.3) is 11.1 Å². The number of ether oxygens (including phenoxy) is 2. The number of benzene rings is 3. The fraction of sp³-hybridized carbons (Fsp3) is 0.333. The average molecular weight is 520 g/mol. The maximum atomic E-state index is 14.0. The lowest BCUT2D eigenvalue weighted by Gasteiger charge is -2.31. The summed E-state index contributed by atoms with van der Waals surface area (Å²) in [6.07, 6.45) is 1.53. The maximum Gasteiger partial charge on any atom is 0.241 e. The minimum absolute atomic E-state index is 0.161. The number of phenols is 1. The monoisotopic (exact) mass is 519 g/mol. The van der Waals surface area contributed by atoms with Crippen LogP contribution in [0.1, 0.15) is 44.2 Å². The van der Waals surface area contributed by atoms with Crippen molar-refractivity contribution in [2.45, 2.75) is 50.6 Å². The number of hydrogen-bond acceptors (Lipinski definition) is 5. The molecule has 2 bridgehead atoms. The number of fused-ring (bicyclic) bond motifs is 2. The van der Waals surface area contributed by atoms with Crippen LogP contribution < -0.4 is 9.04 Å². The number of anilines is 1. The first-order chi connectivity index (χ1) is 17.9. The van der Waals surface area contributed by atoms with Gasteiger partial charge in [0.05, 0.1) is 18.4 Å². The Balaban J connectivity index is 1.53. The van der Waals surface area contributed by atoms with Gasteiger partial charge >= 0.3 is 0 Å². The molecule has 0 aromatic heterocycles. The SMILES string of the molecule is CCCCOc1ccc(C2=C(c3ccc(O)cc3)[C@H]3O[C@@H]2C[C@@H]3S(=O)(=O)N(CC)c2ccccc2)cc1. The molecule has 6 nitrogen and oxygen atoms in total. The zero-order valence-corrected chi connectivity index (χ0v) is 22.0. The van der Waals surface area contributed by atoms with E-state index in [2.05, 4.69) is 6.92 Å². The van der Waals surface area contributed by atoms with Gasteiger partial charge in [-0.3, -0.25) is 4.31 Å². The minimum Gasteiger partial charge on any atom is -0.508 e. The zero-order valence-electron chi connectivity index (χ0n) is 21.2. The number of para-hydroxylation sites is 1. The lowest BCUT2D eigenvalue weighted by atomic mass is 9.83. The van der Waals surface area contributed by atoms with Gasteiger partial charge in [-0.15, -0.1) is 0 Å². The van der Waals surface area contributed by atoms with E-state index in [1.165, 1.54) is 4.31 Å². The molecule has 0 saturated carbocycles. The number of hydrogen-bond donors (Lipinski definition) is 1. The highest BCUT2D eigenvalue weighted by Gasteiger charge is 2.54. The Kier molecular flexibility index (Phi) is 7.26. The van der Waals surface area contributed by atoms with E-state index in [9.17, 15) is 13.5 Å². The number of unbranched alkanes of at least 4 members (excludes halogenated alkanes) is 1. The second kappa shape index (κ2) is 10.6. The molecule has 2 aliphatic rings. The van der Waals surface area contributed by atoms with Crippen molar-refractivity contribution in [1.29, 1.82) is 0 Å². The minimum atomic E-state index is -3.70. The third-order valence-electron chi connectivity index (χ3n) is 7.12. The van der Waals surface area contributed by atoms with Gasteiger partial charge in [0.1, 0.15) is 22.9 Å². The molecule has 0 unspecified atom stereocenters. The highest BCUT2D eigenvalue weighted by Crippen LogP contribution is 2.51. The van der Waals surface area contributed by atoms with Crippen LogP contribution in [0.2, 0.25) is 0 Å². The molecule has 3 aromatic rings. The van der Waals surface area contributed by atoms with Gasteiger partial charge in [0.25, 0.3) is 0 Å². The molecule has 1 fully saturated rings. The first-order valence-corrected chi connectivity index (χ1v) is 14.4. The van der Waals surface area contributed by atoms with Crippen molar-refractivity contribution in [3.05, 3.63) is 90.0 Å². The normalized spacial score (nSPS) is 20.9. The Labute approximate surface area is 219 Å². The summed E-state index contributed by atoms with van der Waals surface area (Å²) in [5.74, 6) is 0.976. The van der Waals surface area contributed by atoms with Gasteiger partial charge in [-0.1, -0.05) is 55.8 Å². The summed E-state index contributed by atoms with van der Waals surface area (Å²) in [6.45, 7) is 5.00. The van der Waals surface area contributed by atoms with Crippen LogP contribution >= 0.6 is 0 Å². The predicted molar refractivity (Wildman–Crippen MR) is 147 cm³/mol. The van der Waals surface area contributed by atoms with Crippen LogP contribution in [-0.4, -0.2) is 44.1 Å². The lowest BCUT2D eigenvalue weighted by Crippen LogP contribution is -2.43. The van der Waals surface area contributed by atoms with Gasteiger partial charge in [-0.05, 0) is 78.4 Å². The molecule has 2 heterocycles. The first-order valence-electron chi connectivity index (χ1n) is 12.9. The fourth-order valence-corrected chi connectivity index (χ4v) is 7.37. The quantitative estimate of drug-likeness (QED) is 0.339. The largest absolute Gasteiger partial charge is 0.508 e. The van der Waals surface area contributed by atoms with E-state index in [4.69, 9.17) is 9.47 Å². The third kappa shape index (κ3) is 4.86. The number of nitrogens with zero attached hydrogens (tertiary/aromatic N) is 1. The van der Waals surface area contributed by atoms with Crippen LogP contribution in [0.5, 0.6) is 11.5 Å². The highest BCUT2D eigenvalue weighted by atomic mass is 32.2. The van der Waals surface area contributed by atoms with E-state index < -0.39 is 21.4 Å². The van der Waals surface area contributed by atoms with Crippen LogP contribution in [0.15, 0.2) is 78.9 Å². The molecule has 37 heavy (non-hydrogen) atoms. The van der Waals surface area contributed by atoms with Gasteiger partial charge in [-0.25, -0.2) is 8.42 Å². The molecule has 0 radical (unpaired) electrons. The summed E-state index contributed by atoms with van der Waals surface area (Å²) in [6, 6.07) is 24.1. The van der Waals surface area contributed by atoms with Crippen molar-refractivity contribution in [2.75, 3.05) is 17.5 Å². The zero-order chi connectivity index (χ0) is 26.0. The van der Waals surface area contributed by atoms with E-state index in [1.54, 1.807) is 12.1 Å². The first kappa shape index (κ1) is 25.4. The van der Waals surface area contributed by atoms with E-state index in [0.29, 0.717) is 25.3 Å². The molecule has 194 valence electrons. The van der Waals surface area contributed by atoms with Gasteiger partial charge in [0, 0.05) is 6.54 Å². The summed E-state index contributed by atoms with van der Waals surface area (Å²) in [5.41, 5.74) is 4.37. The Hall–Kier alpha value is -3.29. The summed E-state index contributed by atoms with van der Waals surface area (Å²) in [5, 5.41) is 9.18. The molecule has 1 saturated heterocycles. The van der Waals surface area contributed by atoms with Gasteiger partial charge in [0.2, 0.25) is 10.0 Å². The molecule has 0 spiro atoms. The van der Waals surface area contributed by atoms with E-state index in [1.807, 2.05) is 73.7 Å². The van der Waals surface area contributed by atoms with Crippen molar-refractivity contribution in [3.8, 4) is 11.5 Å². The molecular formula is C30H33NO5S. The van der Waals surface area contributed by atoms with E-state index in [0.717, 1.165) is 40.9 Å². The molecule has 7 heteroatoms. The van der Waals surface area contributed by atoms with Crippen molar-refractivity contribution in [1.82, 2.24) is 0 Å².